The molecule has 2 aromatic carbocycles. The van der Waals surface area contributed by atoms with E-state index in [1.807, 2.05) is 0 Å². The van der Waals surface area contributed by atoms with E-state index in [0.717, 1.165) is 12.4 Å². The lowest BCUT2D eigenvalue weighted by molar-refractivity contribution is -0.385. The zero-order chi connectivity index (χ0) is 24.7. The number of hydrogen-bond acceptors (Lipinski definition) is 11. The number of nitro benzene ring substituents is 1. The molecule has 3 N–H and O–H groups in total. The first-order valence-corrected chi connectivity index (χ1v) is 9.65. The molecule has 0 saturated heterocycles. The highest BCUT2D eigenvalue weighted by Gasteiger charge is 2.26. The second-order valence-corrected chi connectivity index (χ2v) is 6.42. The van der Waals surface area contributed by atoms with Gasteiger partial charge in [0.05, 0.1) is 27.7 Å². The van der Waals surface area contributed by atoms with E-state index in [1.165, 1.54) is 30.3 Å². The number of hydrazine groups is 1. The summed E-state index contributed by atoms with van der Waals surface area (Å²) in [5.74, 6) is -2.23. The molecule has 174 valence electrons. The second kappa shape index (κ2) is 10.4. The number of carbonyl (C=O) groups is 2. The molecule has 14 heteroatoms. The molecule has 1 amide bonds. The van der Waals surface area contributed by atoms with Crippen LogP contribution in [-0.2, 0) is 4.74 Å². The quantitative estimate of drug-likeness (QED) is 0.238. The largest absolute Gasteiger partial charge is 0.462 e. The number of esters is 1. The first-order valence-electron chi connectivity index (χ1n) is 9.65. The smallest absolute Gasteiger partial charge is 0.355 e. The van der Waals surface area contributed by atoms with Gasteiger partial charge in [-0.2, -0.15) is 0 Å². The molecule has 1 heterocycles. The van der Waals surface area contributed by atoms with Crippen LogP contribution in [-0.4, -0.2) is 38.3 Å². The van der Waals surface area contributed by atoms with Gasteiger partial charge in [0.15, 0.2) is 0 Å². The van der Waals surface area contributed by atoms with E-state index in [4.69, 9.17) is 4.74 Å². The predicted molar refractivity (Wildman–Crippen MR) is 119 cm³/mol. The lowest BCUT2D eigenvalue weighted by Crippen LogP contribution is -2.30. The first kappa shape index (κ1) is 23.5. The third kappa shape index (κ3) is 5.18. The summed E-state index contributed by atoms with van der Waals surface area (Å²) in [5.41, 5.74) is 3.40. The molecular formula is C20H17N7O7. The van der Waals surface area contributed by atoms with E-state index in [9.17, 15) is 29.8 Å². The van der Waals surface area contributed by atoms with Crippen LogP contribution in [0.4, 0.5) is 28.7 Å². The summed E-state index contributed by atoms with van der Waals surface area (Å²) >= 11 is 0. The summed E-state index contributed by atoms with van der Waals surface area (Å²) in [6, 6.07) is 11.4. The average molecular weight is 467 g/mol. The highest BCUT2D eigenvalue weighted by Crippen LogP contribution is 2.32. The molecule has 0 unspecified atom stereocenters. The van der Waals surface area contributed by atoms with Crippen LogP contribution in [0, 0.1) is 20.2 Å². The van der Waals surface area contributed by atoms with Crippen LogP contribution in [0.3, 0.4) is 0 Å². The number of amides is 1. The minimum Gasteiger partial charge on any atom is -0.462 e. The normalized spacial score (nSPS) is 10.1. The number of benzene rings is 2. The van der Waals surface area contributed by atoms with Crippen molar-refractivity contribution in [3.63, 3.8) is 0 Å². The molecule has 0 aliphatic carbocycles. The number of aromatic nitrogens is 2. The Kier molecular flexibility index (Phi) is 7.23. The number of nitro groups is 2. The monoisotopic (exact) mass is 467 g/mol. The van der Waals surface area contributed by atoms with Crippen LogP contribution in [0.5, 0.6) is 0 Å². The number of rotatable bonds is 9. The summed E-state index contributed by atoms with van der Waals surface area (Å²) in [6.45, 7) is 1.77. The molecule has 0 fully saturated rings. The Bertz CT molecular complexity index is 1270. The minimum atomic E-state index is -0.914. The van der Waals surface area contributed by atoms with Gasteiger partial charge in [0, 0.05) is 6.07 Å². The van der Waals surface area contributed by atoms with Gasteiger partial charge in [-0.15, -0.1) is 0 Å². The Hall–Kier alpha value is -5.14. The van der Waals surface area contributed by atoms with Gasteiger partial charge in [0.25, 0.3) is 11.6 Å². The number of anilines is 3. The van der Waals surface area contributed by atoms with Crippen LogP contribution in [0.1, 0.15) is 27.6 Å². The van der Waals surface area contributed by atoms with Crippen molar-refractivity contribution >= 4 is 40.6 Å². The van der Waals surface area contributed by atoms with Crippen molar-refractivity contribution in [1.29, 1.82) is 0 Å². The number of hydrogen-bond donors (Lipinski definition) is 3. The average Bonchev–Trinajstić information content (AvgIpc) is 2.82. The third-order valence-corrected chi connectivity index (χ3v) is 4.32. The Balaban J connectivity index is 1.89. The summed E-state index contributed by atoms with van der Waals surface area (Å²) in [6.07, 6.45) is 0.988. The molecule has 34 heavy (non-hydrogen) atoms. The van der Waals surface area contributed by atoms with E-state index in [-0.39, 0.29) is 29.2 Å². The zero-order valence-corrected chi connectivity index (χ0v) is 17.5. The third-order valence-electron chi connectivity index (χ3n) is 4.32. The molecule has 0 bridgehead atoms. The van der Waals surface area contributed by atoms with Crippen LogP contribution in [0.15, 0.2) is 54.9 Å². The molecule has 0 radical (unpaired) electrons. The highest BCUT2D eigenvalue weighted by atomic mass is 16.6. The van der Waals surface area contributed by atoms with Gasteiger partial charge in [0.2, 0.25) is 11.6 Å². The topological polar surface area (TPSA) is 192 Å². The fraction of sp³-hybridized carbons (Fsp3) is 0.100. The summed E-state index contributed by atoms with van der Waals surface area (Å²) in [7, 11) is 0. The predicted octanol–water partition coefficient (Wildman–Crippen LogP) is 2.97. The second-order valence-electron chi connectivity index (χ2n) is 6.42. The maximum Gasteiger partial charge on any atom is 0.355 e. The fourth-order valence-electron chi connectivity index (χ4n) is 2.85. The molecule has 0 saturated carbocycles. The first-order chi connectivity index (χ1) is 16.3. The van der Waals surface area contributed by atoms with E-state index in [1.54, 1.807) is 19.1 Å². The maximum absolute atomic E-state index is 12.4. The number of nitrogens with one attached hydrogen (secondary N) is 3. The van der Waals surface area contributed by atoms with Crippen LogP contribution >= 0.6 is 0 Å². The van der Waals surface area contributed by atoms with Gasteiger partial charge in [0.1, 0.15) is 11.9 Å². The van der Waals surface area contributed by atoms with Gasteiger partial charge in [-0.1, -0.05) is 24.3 Å². The minimum absolute atomic E-state index is 0.122. The van der Waals surface area contributed by atoms with Gasteiger partial charge in [-0.05, 0) is 25.1 Å². The fourth-order valence-corrected chi connectivity index (χ4v) is 2.85. The Labute approximate surface area is 191 Å². The lowest BCUT2D eigenvalue weighted by atomic mass is 10.1. The van der Waals surface area contributed by atoms with Gasteiger partial charge in [-0.25, -0.2) is 14.8 Å². The molecule has 3 rings (SSSR count). The number of ether oxygens (including phenoxy) is 1. The van der Waals surface area contributed by atoms with Crippen LogP contribution in [0.25, 0.3) is 0 Å². The summed E-state index contributed by atoms with van der Waals surface area (Å²) in [4.78, 5) is 53.6. The maximum atomic E-state index is 12.4. The molecule has 3 aromatic rings. The molecule has 14 nitrogen and oxygen atoms in total. The number of nitrogens with zero attached hydrogens (tertiary/aromatic N) is 4. The molecule has 0 aliphatic rings. The van der Waals surface area contributed by atoms with E-state index >= 15 is 0 Å². The standard InChI is InChI=1S/C20H17N7O7/c1-2-34-20(29)12-7-3-5-9-14(12)23-17-16(27(32)33)18(22-11-21-17)24-25-19(28)13-8-4-6-10-15(13)26(30)31/h3-11H,2H2,1H3,(H,25,28)(H2,21,22,23,24). The van der Waals surface area contributed by atoms with E-state index in [0.29, 0.717) is 0 Å². The molecule has 0 atom stereocenters. The molecule has 0 aliphatic heterocycles. The number of carbonyl (C=O) groups excluding carboxylic acids is 2. The van der Waals surface area contributed by atoms with Gasteiger partial charge in [-0.3, -0.25) is 35.9 Å². The Morgan fingerprint density at radius 2 is 1.59 bits per heavy atom. The van der Waals surface area contributed by atoms with E-state index in [2.05, 4.69) is 26.1 Å². The van der Waals surface area contributed by atoms with Crippen molar-refractivity contribution in [3.05, 3.63) is 86.2 Å². The summed E-state index contributed by atoms with van der Waals surface area (Å²) < 4.78 is 4.99. The van der Waals surface area contributed by atoms with Crippen molar-refractivity contribution in [2.45, 2.75) is 6.92 Å². The molecule has 1 aromatic heterocycles. The highest BCUT2D eigenvalue weighted by molar-refractivity contribution is 5.99. The van der Waals surface area contributed by atoms with Gasteiger partial charge < -0.3 is 10.1 Å². The van der Waals surface area contributed by atoms with Gasteiger partial charge >= 0.3 is 11.7 Å². The van der Waals surface area contributed by atoms with Crippen molar-refractivity contribution in [2.75, 3.05) is 17.3 Å². The van der Waals surface area contributed by atoms with Crippen molar-refractivity contribution in [2.24, 2.45) is 0 Å². The Morgan fingerprint density at radius 3 is 2.26 bits per heavy atom. The van der Waals surface area contributed by atoms with E-state index < -0.39 is 38.9 Å². The zero-order valence-electron chi connectivity index (χ0n) is 17.5. The molecule has 0 spiro atoms. The van der Waals surface area contributed by atoms with Crippen LogP contribution in [0.2, 0.25) is 0 Å². The summed E-state index contributed by atoms with van der Waals surface area (Å²) in [5, 5.41) is 25.6. The van der Waals surface area contributed by atoms with Crippen molar-refractivity contribution < 1.29 is 24.2 Å². The van der Waals surface area contributed by atoms with Crippen molar-refractivity contribution in [1.82, 2.24) is 15.4 Å². The SMILES string of the molecule is CCOC(=O)c1ccccc1Nc1ncnc(NNC(=O)c2ccccc2[N+](=O)[O-])c1[N+](=O)[O-]. The molecular weight excluding hydrogens is 450 g/mol. The van der Waals surface area contributed by atoms with Crippen LogP contribution < -0.4 is 16.2 Å². The van der Waals surface area contributed by atoms with Crippen molar-refractivity contribution in [3.8, 4) is 0 Å². The Morgan fingerprint density at radius 1 is 0.941 bits per heavy atom. The number of para-hydroxylation sites is 2. The lowest BCUT2D eigenvalue weighted by Gasteiger charge is -2.13.